The van der Waals surface area contributed by atoms with Crippen molar-refractivity contribution in [3.63, 3.8) is 0 Å². The highest BCUT2D eigenvalue weighted by Crippen LogP contribution is 2.74. The van der Waals surface area contributed by atoms with Crippen molar-refractivity contribution in [3.8, 4) is 0 Å². The predicted molar refractivity (Wildman–Crippen MR) is 174 cm³/mol. The molecule has 1 aliphatic rings. The van der Waals surface area contributed by atoms with Crippen LogP contribution in [0.2, 0.25) is 0 Å². The number of piperidine rings is 1. The van der Waals surface area contributed by atoms with Crippen LogP contribution in [0, 0.1) is 16.2 Å². The molecule has 1 fully saturated rings. The van der Waals surface area contributed by atoms with E-state index in [-0.39, 0.29) is 44.8 Å². The molecular weight excluding hydrogens is 514 g/mol. The average molecular weight is 567 g/mol. The molecule has 2 heteroatoms. The van der Waals surface area contributed by atoms with Gasteiger partial charge < -0.3 is 0 Å². The molecule has 37 heavy (non-hydrogen) atoms. The van der Waals surface area contributed by atoms with E-state index in [2.05, 4.69) is 125 Å². The quantitative estimate of drug-likeness (QED) is 0.133. The Bertz CT molecular complexity index is 733. The Morgan fingerprint density at radius 2 is 0.838 bits per heavy atom. The van der Waals surface area contributed by atoms with E-state index in [1.807, 2.05) is 6.08 Å². The number of nitrogens with zero attached hydrogens (tertiary/aromatic N) is 1. The second-order valence-electron chi connectivity index (χ2n) is 10.3. The smallest absolute Gasteiger partial charge is 0.0352 e. The first-order chi connectivity index (χ1) is 17.4. The lowest BCUT2D eigenvalue weighted by Gasteiger charge is -2.77. The molecule has 1 saturated heterocycles. The van der Waals surface area contributed by atoms with Crippen molar-refractivity contribution in [3.05, 3.63) is 127 Å². The molecular formula is C35H52BrN. The summed E-state index contributed by atoms with van der Waals surface area (Å²) < 4.78 is 0. The van der Waals surface area contributed by atoms with Crippen molar-refractivity contribution < 1.29 is 0 Å². The first-order valence-corrected chi connectivity index (χ1v) is 13.2. The molecule has 1 rings (SSSR count). The Hall–Kier alpha value is -2.16. The van der Waals surface area contributed by atoms with E-state index in [1.54, 1.807) is 0 Å². The van der Waals surface area contributed by atoms with Gasteiger partial charge in [-0.1, -0.05) is 60.8 Å². The Balaban J connectivity index is 0.0000130. The molecule has 204 valence electrons. The first-order valence-electron chi connectivity index (χ1n) is 13.2. The molecule has 1 atom stereocenters. The van der Waals surface area contributed by atoms with Crippen LogP contribution in [-0.4, -0.2) is 23.0 Å². The summed E-state index contributed by atoms with van der Waals surface area (Å²) in [6, 6.07) is 0.159. The highest BCUT2D eigenvalue weighted by molar-refractivity contribution is 8.93. The minimum atomic E-state index is -0.307. The van der Waals surface area contributed by atoms with Crippen molar-refractivity contribution in [1.29, 1.82) is 0 Å². The molecule has 1 unspecified atom stereocenters. The number of hydrogen-bond acceptors (Lipinski definition) is 1. The monoisotopic (exact) mass is 565 g/mol. The maximum absolute atomic E-state index is 4.29. The third kappa shape index (κ3) is 5.52. The lowest BCUT2D eigenvalue weighted by atomic mass is 9.34. The standard InChI is InChI=1S/C35H51N.BrH/c1-11-21-31-32(22-12-2,23-13-3)33(24-14-4,25-15-5)34(26-16-6,27-17-7)35(28-18-8,29-19-9)36(31)30-20-10;/h11-20,31H,1-10,21-30H2;1H. The lowest BCUT2D eigenvalue weighted by Crippen LogP contribution is -2.79. The van der Waals surface area contributed by atoms with Gasteiger partial charge >= 0.3 is 0 Å². The molecule has 1 nitrogen and oxygen atoms in total. The van der Waals surface area contributed by atoms with Crippen LogP contribution in [-0.2, 0) is 0 Å². The number of allylic oxidation sites excluding steroid dienone is 6. The van der Waals surface area contributed by atoms with E-state index in [9.17, 15) is 0 Å². The zero-order chi connectivity index (χ0) is 27.3. The number of hydrogen-bond donors (Lipinski definition) is 0. The van der Waals surface area contributed by atoms with Gasteiger partial charge in [0.2, 0.25) is 0 Å². The molecule has 0 aromatic carbocycles. The van der Waals surface area contributed by atoms with E-state index in [0.717, 1.165) is 64.3 Å². The van der Waals surface area contributed by atoms with Crippen molar-refractivity contribution in [1.82, 2.24) is 4.90 Å². The molecule has 1 heterocycles. The van der Waals surface area contributed by atoms with Crippen molar-refractivity contribution >= 4 is 17.0 Å². The molecule has 0 spiro atoms. The fourth-order valence-electron chi connectivity index (χ4n) is 8.23. The van der Waals surface area contributed by atoms with Crippen LogP contribution in [0.4, 0.5) is 0 Å². The largest absolute Gasteiger partial charge is 0.289 e. The zero-order valence-corrected chi connectivity index (χ0v) is 25.1. The molecule has 0 saturated carbocycles. The van der Waals surface area contributed by atoms with Crippen LogP contribution >= 0.6 is 17.0 Å². The summed E-state index contributed by atoms with van der Waals surface area (Å²) in [4.78, 5) is 2.69. The molecule has 0 bridgehead atoms. The van der Waals surface area contributed by atoms with Gasteiger partial charge in [0.1, 0.15) is 0 Å². The fourth-order valence-corrected chi connectivity index (χ4v) is 8.23. The van der Waals surface area contributed by atoms with Crippen molar-refractivity contribution in [2.45, 2.75) is 69.4 Å². The third-order valence-electron chi connectivity index (χ3n) is 8.99. The highest BCUT2D eigenvalue weighted by Gasteiger charge is 2.73. The summed E-state index contributed by atoms with van der Waals surface area (Å²) in [5, 5.41) is 0. The first kappa shape index (κ1) is 34.8. The van der Waals surface area contributed by atoms with Gasteiger partial charge in [-0.15, -0.1) is 82.8 Å². The van der Waals surface area contributed by atoms with Gasteiger partial charge in [0.05, 0.1) is 0 Å². The Labute approximate surface area is 240 Å². The van der Waals surface area contributed by atoms with Gasteiger partial charge in [0.15, 0.2) is 0 Å². The van der Waals surface area contributed by atoms with E-state index in [4.69, 9.17) is 0 Å². The van der Waals surface area contributed by atoms with Crippen LogP contribution in [0.5, 0.6) is 0 Å². The van der Waals surface area contributed by atoms with E-state index < -0.39 is 0 Å². The predicted octanol–water partition coefficient (Wildman–Crippen LogP) is 10.3. The number of likely N-dealkylation sites (tertiary alicyclic amines) is 1. The number of rotatable bonds is 20. The molecule has 0 aromatic heterocycles. The molecule has 0 N–H and O–H groups in total. The van der Waals surface area contributed by atoms with Crippen LogP contribution in [0.1, 0.15) is 57.8 Å². The normalized spacial score (nSPS) is 20.7. The maximum Gasteiger partial charge on any atom is 0.0352 e. The second-order valence-corrected chi connectivity index (χ2v) is 10.3. The van der Waals surface area contributed by atoms with E-state index >= 15 is 0 Å². The van der Waals surface area contributed by atoms with Crippen LogP contribution in [0.3, 0.4) is 0 Å². The van der Waals surface area contributed by atoms with Crippen molar-refractivity contribution in [2.24, 2.45) is 16.2 Å². The average Bonchev–Trinajstić information content (AvgIpc) is 2.84. The van der Waals surface area contributed by atoms with Crippen LogP contribution in [0.25, 0.3) is 0 Å². The van der Waals surface area contributed by atoms with Crippen LogP contribution < -0.4 is 0 Å². The highest BCUT2D eigenvalue weighted by atomic mass is 79.9. The lowest BCUT2D eigenvalue weighted by molar-refractivity contribution is -0.257. The third-order valence-corrected chi connectivity index (χ3v) is 8.99. The SMILES string of the molecule is Br.C=CCC1N(CC=C)C(CC=C)(CC=C)C(CC=C)(CC=C)C(CC=C)(CC=C)C1(CC=C)CC=C. The summed E-state index contributed by atoms with van der Waals surface area (Å²) in [5.74, 6) is 0. The molecule has 1 aliphatic heterocycles. The Morgan fingerprint density at radius 3 is 1.16 bits per heavy atom. The van der Waals surface area contributed by atoms with Crippen LogP contribution in [0.15, 0.2) is 127 Å². The zero-order valence-electron chi connectivity index (χ0n) is 23.3. The maximum atomic E-state index is 4.29. The van der Waals surface area contributed by atoms with Crippen molar-refractivity contribution in [2.75, 3.05) is 6.54 Å². The molecule has 0 amide bonds. The number of halogens is 1. The Kier molecular flexibility index (Phi) is 15.0. The van der Waals surface area contributed by atoms with E-state index in [0.29, 0.717) is 0 Å². The fraction of sp³-hybridized carbons (Fsp3) is 0.429. The second kappa shape index (κ2) is 15.9. The van der Waals surface area contributed by atoms with Gasteiger partial charge in [0.25, 0.3) is 0 Å². The van der Waals surface area contributed by atoms with Gasteiger partial charge in [-0.2, -0.15) is 0 Å². The molecule has 0 radical (unpaired) electrons. The summed E-state index contributed by atoms with van der Waals surface area (Å²) >= 11 is 0. The minimum Gasteiger partial charge on any atom is -0.289 e. The van der Waals surface area contributed by atoms with Gasteiger partial charge in [-0.05, 0) is 68.6 Å². The molecule has 0 aliphatic carbocycles. The van der Waals surface area contributed by atoms with Gasteiger partial charge in [-0.3, -0.25) is 4.90 Å². The topological polar surface area (TPSA) is 3.24 Å². The van der Waals surface area contributed by atoms with E-state index in [1.165, 1.54) is 0 Å². The summed E-state index contributed by atoms with van der Waals surface area (Å²) in [7, 11) is 0. The summed E-state index contributed by atoms with van der Waals surface area (Å²) in [6.07, 6.45) is 28.2. The molecule has 0 aromatic rings. The summed E-state index contributed by atoms with van der Waals surface area (Å²) in [5.41, 5.74) is -1.04. The Morgan fingerprint density at radius 1 is 0.459 bits per heavy atom. The van der Waals surface area contributed by atoms with Gasteiger partial charge in [0, 0.05) is 23.5 Å². The minimum absolute atomic E-state index is 0. The van der Waals surface area contributed by atoms with Gasteiger partial charge in [-0.25, -0.2) is 0 Å². The summed E-state index contributed by atoms with van der Waals surface area (Å²) in [6.45, 7) is 43.3.